The average Bonchev–Trinajstić information content (AvgIpc) is 2.67. The molecule has 0 bridgehead atoms. The van der Waals surface area contributed by atoms with Crippen molar-refractivity contribution in [2.24, 2.45) is 0 Å². The first kappa shape index (κ1) is 14.2. The molecule has 3 heteroatoms. The molecule has 0 spiro atoms. The van der Waals surface area contributed by atoms with Gasteiger partial charge in [-0.05, 0) is 56.6 Å². The van der Waals surface area contributed by atoms with E-state index < -0.39 is 0 Å². The summed E-state index contributed by atoms with van der Waals surface area (Å²) < 4.78 is 13.2. The van der Waals surface area contributed by atoms with Gasteiger partial charge in [0.1, 0.15) is 5.82 Å². The molecule has 0 aromatic heterocycles. The number of hydrogen-bond donors (Lipinski definition) is 0. The molecule has 104 valence electrons. The van der Waals surface area contributed by atoms with Crippen LogP contribution in [-0.4, -0.2) is 30.3 Å². The van der Waals surface area contributed by atoms with E-state index in [1.165, 1.54) is 31.7 Å². The molecule has 1 fully saturated rings. The van der Waals surface area contributed by atoms with Gasteiger partial charge >= 0.3 is 0 Å². The first-order valence-corrected chi connectivity index (χ1v) is 7.18. The van der Waals surface area contributed by atoms with E-state index in [1.54, 1.807) is 19.1 Å². The fourth-order valence-electron chi connectivity index (χ4n) is 2.58. The first-order valence-electron chi connectivity index (χ1n) is 7.18. The summed E-state index contributed by atoms with van der Waals surface area (Å²) in [5.41, 5.74) is 1.18. The first-order chi connectivity index (χ1) is 9.16. The maximum atomic E-state index is 13.2. The summed E-state index contributed by atoms with van der Waals surface area (Å²) in [5, 5.41) is 0. The fraction of sp³-hybridized carbons (Fsp3) is 0.562. The Morgan fingerprint density at radius 3 is 2.53 bits per heavy atom. The number of Topliss-reactive ketones (excluding diaryl/α,β-unsaturated/α-hetero) is 1. The van der Waals surface area contributed by atoms with Crippen molar-refractivity contribution in [3.63, 3.8) is 0 Å². The maximum absolute atomic E-state index is 13.2. The SMILES string of the molecule is Cc1cc(C(=O)CCN2CCCCCC2)ccc1F. The van der Waals surface area contributed by atoms with Crippen LogP contribution in [-0.2, 0) is 0 Å². The van der Waals surface area contributed by atoms with Crippen molar-refractivity contribution in [3.05, 3.63) is 35.1 Å². The number of benzene rings is 1. The van der Waals surface area contributed by atoms with E-state index in [0.717, 1.165) is 19.6 Å². The number of nitrogens with zero attached hydrogens (tertiary/aromatic N) is 1. The molecule has 0 amide bonds. The monoisotopic (exact) mass is 263 g/mol. The van der Waals surface area contributed by atoms with Crippen molar-refractivity contribution in [2.75, 3.05) is 19.6 Å². The molecule has 1 heterocycles. The minimum Gasteiger partial charge on any atom is -0.303 e. The summed E-state index contributed by atoms with van der Waals surface area (Å²) in [5.74, 6) is -0.128. The third-order valence-electron chi connectivity index (χ3n) is 3.83. The van der Waals surface area contributed by atoms with Crippen LogP contribution in [0.3, 0.4) is 0 Å². The van der Waals surface area contributed by atoms with Gasteiger partial charge in [0.15, 0.2) is 5.78 Å². The summed E-state index contributed by atoms with van der Waals surface area (Å²) in [6, 6.07) is 4.63. The Bertz CT molecular complexity index is 436. The number of carbonyl (C=O) groups excluding carboxylic acids is 1. The lowest BCUT2D eigenvalue weighted by Crippen LogP contribution is -2.27. The number of aryl methyl sites for hydroxylation is 1. The number of halogens is 1. The van der Waals surface area contributed by atoms with Crippen molar-refractivity contribution in [1.82, 2.24) is 4.90 Å². The Labute approximate surface area is 114 Å². The molecule has 0 aliphatic carbocycles. The van der Waals surface area contributed by atoms with Gasteiger partial charge in [-0.2, -0.15) is 0 Å². The van der Waals surface area contributed by atoms with E-state index >= 15 is 0 Å². The molecule has 1 aromatic rings. The molecule has 1 aliphatic heterocycles. The van der Waals surface area contributed by atoms with E-state index in [-0.39, 0.29) is 11.6 Å². The quantitative estimate of drug-likeness (QED) is 0.774. The molecule has 0 radical (unpaired) electrons. The van der Waals surface area contributed by atoms with Crippen LogP contribution in [0.1, 0.15) is 48.0 Å². The molecule has 2 rings (SSSR count). The molecule has 19 heavy (non-hydrogen) atoms. The smallest absolute Gasteiger partial charge is 0.164 e. The van der Waals surface area contributed by atoms with Gasteiger partial charge < -0.3 is 4.90 Å². The highest BCUT2D eigenvalue weighted by atomic mass is 19.1. The van der Waals surface area contributed by atoms with Crippen LogP contribution in [0, 0.1) is 12.7 Å². The second-order valence-electron chi connectivity index (χ2n) is 5.39. The van der Waals surface area contributed by atoms with Gasteiger partial charge in [-0.15, -0.1) is 0 Å². The van der Waals surface area contributed by atoms with Crippen LogP contribution in [0.2, 0.25) is 0 Å². The van der Waals surface area contributed by atoms with Gasteiger partial charge in [0.25, 0.3) is 0 Å². The van der Waals surface area contributed by atoms with Crippen molar-refractivity contribution in [1.29, 1.82) is 0 Å². The minimum atomic E-state index is -0.246. The molecule has 0 N–H and O–H groups in total. The summed E-state index contributed by atoms with van der Waals surface area (Å²) in [6.07, 6.45) is 5.63. The van der Waals surface area contributed by atoms with Crippen LogP contribution in [0.15, 0.2) is 18.2 Å². The van der Waals surface area contributed by atoms with Crippen molar-refractivity contribution >= 4 is 5.78 Å². The Balaban J connectivity index is 1.87. The summed E-state index contributed by atoms with van der Waals surface area (Å²) >= 11 is 0. The zero-order valence-corrected chi connectivity index (χ0v) is 11.6. The van der Waals surface area contributed by atoms with E-state index in [0.29, 0.717) is 17.5 Å². The number of hydrogen-bond acceptors (Lipinski definition) is 2. The summed E-state index contributed by atoms with van der Waals surface area (Å²) in [7, 11) is 0. The van der Waals surface area contributed by atoms with Crippen LogP contribution in [0.4, 0.5) is 4.39 Å². The lowest BCUT2D eigenvalue weighted by Gasteiger charge is -2.19. The molecule has 0 atom stereocenters. The van der Waals surface area contributed by atoms with Gasteiger partial charge in [0.05, 0.1) is 0 Å². The number of ketones is 1. The van der Waals surface area contributed by atoms with Crippen LogP contribution >= 0.6 is 0 Å². The Hall–Kier alpha value is -1.22. The van der Waals surface area contributed by atoms with Gasteiger partial charge in [-0.1, -0.05) is 12.8 Å². The molecule has 2 nitrogen and oxygen atoms in total. The molecule has 1 saturated heterocycles. The second-order valence-corrected chi connectivity index (χ2v) is 5.39. The molecular formula is C16H22FNO. The third kappa shape index (κ3) is 4.13. The minimum absolute atomic E-state index is 0.118. The summed E-state index contributed by atoms with van der Waals surface area (Å²) in [6.45, 7) is 4.74. The lowest BCUT2D eigenvalue weighted by atomic mass is 10.1. The van der Waals surface area contributed by atoms with Crippen LogP contribution < -0.4 is 0 Å². The zero-order valence-electron chi connectivity index (χ0n) is 11.6. The Morgan fingerprint density at radius 2 is 1.89 bits per heavy atom. The van der Waals surface area contributed by atoms with Crippen molar-refractivity contribution in [3.8, 4) is 0 Å². The predicted molar refractivity (Wildman–Crippen MR) is 75.0 cm³/mol. The van der Waals surface area contributed by atoms with E-state index in [4.69, 9.17) is 0 Å². The molecule has 1 aromatic carbocycles. The number of rotatable bonds is 4. The number of carbonyl (C=O) groups is 1. The maximum Gasteiger partial charge on any atom is 0.164 e. The van der Waals surface area contributed by atoms with Gasteiger partial charge in [0, 0.05) is 18.5 Å². The second kappa shape index (κ2) is 6.80. The molecule has 0 unspecified atom stereocenters. The van der Waals surface area contributed by atoms with Crippen molar-refractivity contribution in [2.45, 2.75) is 39.0 Å². The largest absolute Gasteiger partial charge is 0.303 e. The lowest BCUT2D eigenvalue weighted by molar-refractivity contribution is 0.0964. The average molecular weight is 263 g/mol. The normalized spacial score (nSPS) is 17.2. The molecular weight excluding hydrogens is 241 g/mol. The predicted octanol–water partition coefficient (Wildman–Crippen LogP) is 3.58. The zero-order chi connectivity index (χ0) is 13.7. The van der Waals surface area contributed by atoms with Crippen LogP contribution in [0.25, 0.3) is 0 Å². The van der Waals surface area contributed by atoms with E-state index in [2.05, 4.69) is 4.90 Å². The van der Waals surface area contributed by atoms with Crippen molar-refractivity contribution < 1.29 is 9.18 Å². The Kier molecular flexibility index (Phi) is 5.08. The molecule has 0 saturated carbocycles. The van der Waals surface area contributed by atoms with Gasteiger partial charge in [0.2, 0.25) is 0 Å². The van der Waals surface area contributed by atoms with E-state index in [9.17, 15) is 9.18 Å². The number of likely N-dealkylation sites (tertiary alicyclic amines) is 1. The topological polar surface area (TPSA) is 20.3 Å². The fourth-order valence-corrected chi connectivity index (χ4v) is 2.58. The highest BCUT2D eigenvalue weighted by Crippen LogP contribution is 2.13. The highest BCUT2D eigenvalue weighted by Gasteiger charge is 2.12. The third-order valence-corrected chi connectivity index (χ3v) is 3.83. The Morgan fingerprint density at radius 1 is 1.21 bits per heavy atom. The van der Waals surface area contributed by atoms with E-state index in [1.807, 2.05) is 0 Å². The van der Waals surface area contributed by atoms with Gasteiger partial charge in [-0.25, -0.2) is 4.39 Å². The standard InChI is InChI=1S/C16H22FNO/c1-13-12-14(6-7-15(13)17)16(19)8-11-18-9-4-2-3-5-10-18/h6-7,12H,2-5,8-11H2,1H3. The highest BCUT2D eigenvalue weighted by molar-refractivity contribution is 5.96. The molecule has 1 aliphatic rings. The van der Waals surface area contributed by atoms with Crippen LogP contribution in [0.5, 0.6) is 0 Å². The summed E-state index contributed by atoms with van der Waals surface area (Å²) in [4.78, 5) is 14.5. The van der Waals surface area contributed by atoms with Gasteiger partial charge in [-0.3, -0.25) is 4.79 Å².